The molecule has 0 aromatic heterocycles. The Hall–Kier alpha value is -4.52. The minimum absolute atomic E-state index is 0.0806. The lowest BCUT2D eigenvalue weighted by Crippen LogP contribution is -2.47. The SMILES string of the molecule is N#CC1CC2CN1C(=O)CN(C(=O)/C(C=Nc1ccccc1)=N/N)CCCCCc1ccc(cc1)NC2=O. The van der Waals surface area contributed by atoms with E-state index in [-0.39, 0.29) is 31.1 Å². The zero-order valence-corrected chi connectivity index (χ0v) is 21.1. The Bertz CT molecular complexity index is 1250. The Kier molecular flexibility index (Phi) is 8.82. The van der Waals surface area contributed by atoms with Gasteiger partial charge in [-0.05, 0) is 55.5 Å². The molecular formula is C28H31N7O3. The van der Waals surface area contributed by atoms with Gasteiger partial charge >= 0.3 is 0 Å². The lowest BCUT2D eigenvalue weighted by atomic mass is 10.0. The quantitative estimate of drug-likeness (QED) is 0.368. The van der Waals surface area contributed by atoms with Crippen LogP contribution in [0.4, 0.5) is 11.4 Å². The molecule has 2 unspecified atom stereocenters. The van der Waals surface area contributed by atoms with Gasteiger partial charge < -0.3 is 21.0 Å². The van der Waals surface area contributed by atoms with E-state index in [1.807, 2.05) is 42.5 Å². The molecule has 0 saturated carbocycles. The third-order valence-corrected chi connectivity index (χ3v) is 6.82. The van der Waals surface area contributed by atoms with E-state index in [2.05, 4.69) is 21.5 Å². The number of para-hydroxylation sites is 1. The maximum atomic E-state index is 13.4. The number of hydrogen-bond donors (Lipinski definition) is 2. The van der Waals surface area contributed by atoms with E-state index >= 15 is 0 Å². The van der Waals surface area contributed by atoms with Crippen LogP contribution in [0.2, 0.25) is 0 Å². The number of nitrogens with zero attached hydrogens (tertiary/aromatic N) is 5. The van der Waals surface area contributed by atoms with Crippen molar-refractivity contribution in [3.05, 3.63) is 60.2 Å². The molecule has 3 aliphatic rings. The van der Waals surface area contributed by atoms with Gasteiger partial charge in [-0.15, -0.1) is 0 Å². The average molecular weight is 514 g/mol. The summed E-state index contributed by atoms with van der Waals surface area (Å²) in [5.74, 6) is 3.86. The van der Waals surface area contributed by atoms with E-state index in [0.717, 1.165) is 24.8 Å². The van der Waals surface area contributed by atoms with Gasteiger partial charge in [-0.2, -0.15) is 10.4 Å². The summed E-state index contributed by atoms with van der Waals surface area (Å²) in [6, 6.07) is 18.2. The normalized spacial score (nSPS) is 21.3. The van der Waals surface area contributed by atoms with Gasteiger partial charge in [0, 0.05) is 18.8 Å². The van der Waals surface area contributed by atoms with Gasteiger partial charge in [0.1, 0.15) is 12.6 Å². The number of nitriles is 1. The fraction of sp³-hybridized carbons (Fsp3) is 0.357. The van der Waals surface area contributed by atoms with Crippen molar-refractivity contribution in [2.75, 3.05) is 25.0 Å². The van der Waals surface area contributed by atoms with Crippen molar-refractivity contribution < 1.29 is 14.4 Å². The first-order valence-corrected chi connectivity index (χ1v) is 12.7. The third kappa shape index (κ3) is 6.62. The minimum atomic E-state index is -0.751. The average Bonchev–Trinajstić information content (AvgIpc) is 3.38. The van der Waals surface area contributed by atoms with Gasteiger partial charge in [0.15, 0.2) is 5.71 Å². The van der Waals surface area contributed by atoms with Crippen molar-refractivity contribution in [2.24, 2.45) is 21.9 Å². The Morgan fingerprint density at radius 3 is 2.55 bits per heavy atom. The first-order valence-electron chi connectivity index (χ1n) is 12.7. The number of rotatable bonds is 3. The number of hydrogen-bond acceptors (Lipinski definition) is 7. The Morgan fingerprint density at radius 1 is 1.08 bits per heavy atom. The molecule has 3 heterocycles. The van der Waals surface area contributed by atoms with E-state index in [9.17, 15) is 19.6 Å². The van der Waals surface area contributed by atoms with E-state index < -0.39 is 23.8 Å². The smallest absolute Gasteiger partial charge is 0.276 e. The van der Waals surface area contributed by atoms with Crippen LogP contribution in [0.3, 0.4) is 0 Å². The van der Waals surface area contributed by atoms with Crippen molar-refractivity contribution in [1.29, 1.82) is 5.26 Å². The molecule has 3 N–H and O–H groups in total. The predicted octanol–water partition coefficient (Wildman–Crippen LogP) is 2.64. The lowest BCUT2D eigenvalue weighted by molar-refractivity contribution is -0.137. The molecule has 1 fully saturated rings. The van der Waals surface area contributed by atoms with E-state index in [1.54, 1.807) is 12.1 Å². The third-order valence-electron chi connectivity index (χ3n) is 6.82. The van der Waals surface area contributed by atoms with E-state index in [1.165, 1.54) is 16.0 Å². The summed E-state index contributed by atoms with van der Waals surface area (Å²) >= 11 is 0. The van der Waals surface area contributed by atoms with Crippen LogP contribution in [0, 0.1) is 17.2 Å². The van der Waals surface area contributed by atoms with Crippen LogP contribution in [-0.4, -0.2) is 65.1 Å². The highest BCUT2D eigenvalue weighted by Crippen LogP contribution is 2.25. The zero-order valence-electron chi connectivity index (χ0n) is 21.1. The fourth-order valence-corrected chi connectivity index (χ4v) is 4.69. The van der Waals surface area contributed by atoms with Crippen molar-refractivity contribution in [1.82, 2.24) is 9.80 Å². The van der Waals surface area contributed by atoms with E-state index in [4.69, 9.17) is 5.84 Å². The molecule has 3 aliphatic heterocycles. The second-order valence-electron chi connectivity index (χ2n) is 9.46. The summed E-state index contributed by atoms with van der Waals surface area (Å²) < 4.78 is 0. The Balaban J connectivity index is 1.55. The number of carbonyl (C=O) groups is 3. The maximum Gasteiger partial charge on any atom is 0.276 e. The van der Waals surface area contributed by atoms with Crippen molar-refractivity contribution in [3.63, 3.8) is 0 Å². The highest BCUT2D eigenvalue weighted by molar-refractivity contribution is 6.60. The summed E-state index contributed by atoms with van der Waals surface area (Å²) in [5, 5.41) is 16.2. The highest BCUT2D eigenvalue weighted by Gasteiger charge is 2.39. The predicted molar refractivity (Wildman–Crippen MR) is 145 cm³/mol. The van der Waals surface area contributed by atoms with Crippen LogP contribution in [0.15, 0.2) is 64.7 Å². The summed E-state index contributed by atoms with van der Waals surface area (Å²) in [6.07, 6.45) is 4.81. The second kappa shape index (κ2) is 12.6. The molecule has 5 rings (SSSR count). The number of amides is 3. The molecule has 10 heteroatoms. The van der Waals surface area contributed by atoms with Gasteiger partial charge in [0.25, 0.3) is 5.91 Å². The van der Waals surface area contributed by atoms with Gasteiger partial charge in [0.2, 0.25) is 11.8 Å². The van der Waals surface area contributed by atoms with Crippen molar-refractivity contribution in [2.45, 2.75) is 38.1 Å². The lowest BCUT2D eigenvalue weighted by Gasteiger charge is -2.26. The molecule has 0 spiro atoms. The molecule has 2 atom stereocenters. The number of anilines is 1. The fourth-order valence-electron chi connectivity index (χ4n) is 4.69. The van der Waals surface area contributed by atoms with E-state index in [0.29, 0.717) is 24.3 Å². The number of aryl methyl sites for hydroxylation is 1. The monoisotopic (exact) mass is 513 g/mol. The summed E-state index contributed by atoms with van der Waals surface area (Å²) in [6.45, 7) is 0.175. The number of nitrogens with one attached hydrogen (secondary N) is 1. The number of nitrogens with two attached hydrogens (primary N) is 1. The number of fused-ring (bicyclic) bond motifs is 10. The molecule has 10 nitrogen and oxygen atoms in total. The molecule has 4 bridgehead atoms. The van der Waals surface area contributed by atoms with Crippen LogP contribution in [0.1, 0.15) is 31.2 Å². The molecule has 0 aliphatic carbocycles. The maximum absolute atomic E-state index is 13.4. The van der Waals surface area contributed by atoms with Crippen LogP contribution in [-0.2, 0) is 20.8 Å². The topological polar surface area (TPSA) is 144 Å². The summed E-state index contributed by atoms with van der Waals surface area (Å²) in [5.41, 5.74) is 2.39. The number of benzene rings is 2. The van der Waals surface area contributed by atoms with Gasteiger partial charge in [-0.3, -0.25) is 19.4 Å². The molecule has 2 aromatic rings. The second-order valence-corrected chi connectivity index (χ2v) is 9.46. The van der Waals surface area contributed by atoms with Crippen LogP contribution >= 0.6 is 0 Å². The summed E-state index contributed by atoms with van der Waals surface area (Å²) in [7, 11) is 0. The highest BCUT2D eigenvalue weighted by atomic mass is 16.2. The van der Waals surface area contributed by atoms with Crippen LogP contribution < -0.4 is 11.2 Å². The van der Waals surface area contributed by atoms with Crippen molar-refractivity contribution in [3.8, 4) is 6.07 Å². The standard InChI is InChI=1S/C28H31N7O3/c29-16-24-15-21-18-35(24)26(36)19-34(28(38)25(33-30)17-31-22-8-4-1-5-9-22)14-6-2-3-7-20-10-12-23(13-11-20)32-27(21)37/h1,4-5,8-13,17,21,24H,2-3,6-7,14-15,18-19,30H2,(H,32,37)/b31-17?,33-25+. The van der Waals surface area contributed by atoms with Crippen LogP contribution in [0.5, 0.6) is 0 Å². The number of carbonyl (C=O) groups excluding carboxylic acids is 3. The molecule has 38 heavy (non-hydrogen) atoms. The molecule has 196 valence electrons. The van der Waals surface area contributed by atoms with Gasteiger partial charge in [-0.1, -0.05) is 36.8 Å². The van der Waals surface area contributed by atoms with Crippen LogP contribution in [0.25, 0.3) is 0 Å². The molecule has 2 aromatic carbocycles. The first kappa shape index (κ1) is 26.5. The largest absolute Gasteiger partial charge is 0.328 e. The minimum Gasteiger partial charge on any atom is -0.328 e. The molecule has 1 saturated heterocycles. The van der Waals surface area contributed by atoms with Gasteiger partial charge in [-0.25, -0.2) is 0 Å². The molecule has 3 amide bonds. The zero-order chi connectivity index (χ0) is 26.9. The Labute approximate surface area is 221 Å². The van der Waals surface area contributed by atoms with Crippen molar-refractivity contribution >= 4 is 41.0 Å². The molecular weight excluding hydrogens is 482 g/mol. The van der Waals surface area contributed by atoms with Gasteiger partial charge in [0.05, 0.1) is 23.9 Å². The molecule has 0 radical (unpaired) electrons. The number of hydrazone groups is 1. The number of aliphatic imine (C=N–C) groups is 1. The Morgan fingerprint density at radius 2 is 1.84 bits per heavy atom. The first-order chi connectivity index (χ1) is 18.5. The summed E-state index contributed by atoms with van der Waals surface area (Å²) in [4.78, 5) is 46.7.